The van der Waals surface area contributed by atoms with Crippen LogP contribution in [0.15, 0.2) is 48.5 Å². The van der Waals surface area contributed by atoms with Gasteiger partial charge in [0.05, 0.1) is 0 Å². The summed E-state index contributed by atoms with van der Waals surface area (Å²) in [6, 6.07) is 18.6. The zero-order chi connectivity index (χ0) is 9.10. The van der Waals surface area contributed by atoms with Crippen molar-refractivity contribution in [2.45, 2.75) is 0 Å². The van der Waals surface area contributed by atoms with Crippen molar-refractivity contribution in [1.82, 2.24) is 0 Å². The number of benzene rings is 2. The summed E-state index contributed by atoms with van der Waals surface area (Å²) in [5.74, 6) is 0. The first kappa shape index (κ1) is 8.33. The van der Waals surface area contributed by atoms with E-state index in [1.807, 2.05) is 42.5 Å². The number of halogens is 1. The van der Waals surface area contributed by atoms with E-state index in [2.05, 4.69) is 6.07 Å². The van der Waals surface area contributed by atoms with E-state index >= 15 is 0 Å². The molecule has 1 radical (unpaired) electrons. The molecular formula is C12H9Cl+. The fourth-order valence-corrected chi connectivity index (χ4v) is 1.50. The predicted molar refractivity (Wildman–Crippen MR) is 56.8 cm³/mol. The van der Waals surface area contributed by atoms with E-state index in [-0.39, 0.29) is 1.43 Å². The lowest BCUT2D eigenvalue weighted by molar-refractivity contribution is 1.61. The minimum absolute atomic E-state index is 0. The first-order valence-electron chi connectivity index (χ1n) is 4.09. The Bertz CT molecular complexity index is 398. The molecule has 0 saturated heterocycles. The molecule has 0 unspecified atom stereocenters. The van der Waals surface area contributed by atoms with Crippen molar-refractivity contribution in [2.75, 3.05) is 0 Å². The van der Waals surface area contributed by atoms with Crippen LogP contribution in [0.2, 0.25) is 5.02 Å². The Morgan fingerprint density at radius 1 is 1.08 bits per heavy atom. The molecule has 13 heavy (non-hydrogen) atoms. The highest BCUT2D eigenvalue weighted by Crippen LogP contribution is 2.26. The van der Waals surface area contributed by atoms with Gasteiger partial charge in [-0.2, -0.15) is 0 Å². The molecule has 2 aromatic carbocycles. The van der Waals surface area contributed by atoms with Crippen LogP contribution in [0.5, 0.6) is 0 Å². The van der Waals surface area contributed by atoms with Crippen molar-refractivity contribution < 1.29 is 1.43 Å². The zero-order valence-corrected chi connectivity index (χ0v) is 7.75. The van der Waals surface area contributed by atoms with Crippen LogP contribution >= 0.6 is 11.6 Å². The maximum absolute atomic E-state index is 6.03. The Morgan fingerprint density at radius 3 is 2.54 bits per heavy atom. The molecule has 1 heteroatoms. The number of hydrogen-bond donors (Lipinski definition) is 0. The van der Waals surface area contributed by atoms with Gasteiger partial charge in [0.25, 0.3) is 0 Å². The van der Waals surface area contributed by atoms with E-state index in [0.717, 1.165) is 16.1 Å². The molecule has 0 nitrogen and oxygen atoms in total. The van der Waals surface area contributed by atoms with Crippen LogP contribution in [0.1, 0.15) is 1.43 Å². The Morgan fingerprint density at radius 2 is 1.85 bits per heavy atom. The van der Waals surface area contributed by atoms with Gasteiger partial charge in [0.15, 0.2) is 0 Å². The molecule has 0 amide bonds. The van der Waals surface area contributed by atoms with Gasteiger partial charge in [0, 0.05) is 10.6 Å². The standard InChI is InChI=1S/C12H8Cl/c13-12-9-5-4-8-11(12)10-6-2-1-3-7-10/h1-4,6-9H/p+1. The minimum atomic E-state index is 0. The van der Waals surface area contributed by atoms with Crippen LogP contribution < -0.4 is 0 Å². The van der Waals surface area contributed by atoms with Crippen LogP contribution in [-0.2, 0) is 0 Å². The van der Waals surface area contributed by atoms with E-state index in [1.54, 1.807) is 6.07 Å². The van der Waals surface area contributed by atoms with Gasteiger partial charge >= 0.3 is 1.43 Å². The monoisotopic (exact) mass is 188 g/mol. The summed E-state index contributed by atoms with van der Waals surface area (Å²) in [6.45, 7) is 0. The molecule has 0 aliphatic rings. The maximum Gasteiger partial charge on any atom is 1.00 e. The predicted octanol–water partition coefficient (Wildman–Crippen LogP) is 3.92. The molecule has 0 N–H and O–H groups in total. The van der Waals surface area contributed by atoms with E-state index in [4.69, 9.17) is 11.6 Å². The van der Waals surface area contributed by atoms with Crippen molar-refractivity contribution >= 4 is 11.6 Å². The van der Waals surface area contributed by atoms with Gasteiger partial charge in [-0.15, -0.1) is 0 Å². The van der Waals surface area contributed by atoms with Gasteiger partial charge in [0.2, 0.25) is 0 Å². The molecule has 0 heterocycles. The molecule has 2 rings (SSSR count). The van der Waals surface area contributed by atoms with E-state index < -0.39 is 0 Å². The Hall–Kier alpha value is -1.27. The summed E-state index contributed by atoms with van der Waals surface area (Å²) in [7, 11) is 0. The molecule has 2 aromatic rings. The SMILES string of the molecule is Clc1c[c]ccc1-c1ccccc1.[H+]. The van der Waals surface area contributed by atoms with Gasteiger partial charge in [-0.25, -0.2) is 0 Å². The van der Waals surface area contributed by atoms with Crippen LogP contribution in [0.3, 0.4) is 0 Å². The lowest BCUT2D eigenvalue weighted by Crippen LogP contribution is -1.77. The largest absolute Gasteiger partial charge is 1.00 e. The molecule has 0 saturated carbocycles. The highest BCUT2D eigenvalue weighted by Gasteiger charge is 1.99. The van der Waals surface area contributed by atoms with Gasteiger partial charge in [-0.3, -0.25) is 0 Å². The molecule has 0 aromatic heterocycles. The van der Waals surface area contributed by atoms with Gasteiger partial charge in [-0.1, -0.05) is 54.1 Å². The highest BCUT2D eigenvalue weighted by molar-refractivity contribution is 6.33. The third-order valence-electron chi connectivity index (χ3n) is 1.90. The Labute approximate surface area is 84.3 Å². The van der Waals surface area contributed by atoms with Gasteiger partial charge in [-0.05, 0) is 17.7 Å². The smallest absolute Gasteiger partial charge is 0.0836 e. The second-order valence-corrected chi connectivity index (χ2v) is 3.18. The summed E-state index contributed by atoms with van der Waals surface area (Å²) in [5.41, 5.74) is 2.20. The Balaban J connectivity index is 0.000000980. The van der Waals surface area contributed by atoms with Gasteiger partial charge in [0.1, 0.15) is 0 Å². The molecular weight excluding hydrogens is 180 g/mol. The molecule has 63 valence electrons. The number of hydrogen-bond acceptors (Lipinski definition) is 0. The zero-order valence-electron chi connectivity index (χ0n) is 8.00. The molecule has 0 aliphatic heterocycles. The maximum atomic E-state index is 6.03. The summed E-state index contributed by atoms with van der Waals surface area (Å²) < 4.78 is 0. The van der Waals surface area contributed by atoms with Crippen LogP contribution in [0, 0.1) is 6.07 Å². The van der Waals surface area contributed by atoms with E-state index in [9.17, 15) is 0 Å². The molecule has 0 fully saturated rings. The number of rotatable bonds is 1. The fraction of sp³-hybridized carbons (Fsp3) is 0. The quantitative estimate of drug-likeness (QED) is 0.637. The third-order valence-corrected chi connectivity index (χ3v) is 2.21. The van der Waals surface area contributed by atoms with Crippen LogP contribution in [-0.4, -0.2) is 0 Å². The second kappa shape index (κ2) is 3.63. The molecule has 0 atom stereocenters. The average Bonchev–Trinajstić information content (AvgIpc) is 2.20. The lowest BCUT2D eigenvalue weighted by atomic mass is 10.1. The van der Waals surface area contributed by atoms with Crippen molar-refractivity contribution in [3.05, 3.63) is 59.6 Å². The average molecular weight is 189 g/mol. The van der Waals surface area contributed by atoms with E-state index in [1.165, 1.54) is 0 Å². The second-order valence-electron chi connectivity index (χ2n) is 2.77. The summed E-state index contributed by atoms with van der Waals surface area (Å²) >= 11 is 6.03. The fourth-order valence-electron chi connectivity index (χ4n) is 1.26. The Kier molecular flexibility index (Phi) is 2.33. The third kappa shape index (κ3) is 1.73. The highest BCUT2D eigenvalue weighted by atomic mass is 35.5. The van der Waals surface area contributed by atoms with Crippen molar-refractivity contribution in [1.29, 1.82) is 0 Å². The first-order valence-corrected chi connectivity index (χ1v) is 4.47. The topological polar surface area (TPSA) is 0 Å². The van der Waals surface area contributed by atoms with Crippen molar-refractivity contribution in [2.24, 2.45) is 0 Å². The van der Waals surface area contributed by atoms with E-state index in [0.29, 0.717) is 0 Å². The van der Waals surface area contributed by atoms with Crippen molar-refractivity contribution in [3.8, 4) is 11.1 Å². The molecule has 0 aliphatic carbocycles. The normalized spacial score (nSPS) is 9.92. The summed E-state index contributed by atoms with van der Waals surface area (Å²) in [5, 5.41) is 0.744. The van der Waals surface area contributed by atoms with Crippen LogP contribution in [0.4, 0.5) is 0 Å². The van der Waals surface area contributed by atoms with Crippen molar-refractivity contribution in [3.63, 3.8) is 0 Å². The molecule has 0 spiro atoms. The minimum Gasteiger partial charge on any atom is -0.0836 e. The van der Waals surface area contributed by atoms with Gasteiger partial charge < -0.3 is 0 Å². The summed E-state index contributed by atoms with van der Waals surface area (Å²) in [4.78, 5) is 0. The molecule has 0 bridgehead atoms. The summed E-state index contributed by atoms with van der Waals surface area (Å²) in [6.07, 6.45) is 0. The van der Waals surface area contributed by atoms with Crippen LogP contribution in [0.25, 0.3) is 11.1 Å². The lowest BCUT2D eigenvalue weighted by Gasteiger charge is -2.02. The first-order chi connectivity index (χ1) is 6.38.